The maximum atomic E-state index is 13.2. The number of nitrogens with one attached hydrogen (secondary N) is 1. The van der Waals surface area contributed by atoms with Crippen LogP contribution in [0.3, 0.4) is 0 Å². The summed E-state index contributed by atoms with van der Waals surface area (Å²) in [7, 11) is -3.96. The Hall–Kier alpha value is -1.27. The molecule has 0 amide bonds. The van der Waals surface area contributed by atoms with Crippen LogP contribution in [0, 0.1) is 11.6 Å². The van der Waals surface area contributed by atoms with Crippen LogP contribution in [0.1, 0.15) is 6.92 Å². The van der Waals surface area contributed by atoms with Gasteiger partial charge in [-0.05, 0) is 19.1 Å². The average Bonchev–Trinajstić information content (AvgIpc) is 2.14. The Bertz CT molecular complexity index is 512. The lowest BCUT2D eigenvalue weighted by atomic mass is 10.3. The molecule has 1 aromatic rings. The van der Waals surface area contributed by atoms with Gasteiger partial charge < -0.3 is 0 Å². The van der Waals surface area contributed by atoms with Crippen LogP contribution in [0.2, 0.25) is 0 Å². The van der Waals surface area contributed by atoms with Crippen LogP contribution in [-0.2, 0) is 10.0 Å². The first kappa shape index (κ1) is 12.8. The number of sulfonamides is 1. The maximum absolute atomic E-state index is 13.2. The summed E-state index contributed by atoms with van der Waals surface area (Å²) in [5, 5.41) is 0. The van der Waals surface area contributed by atoms with Crippen molar-refractivity contribution < 1.29 is 17.2 Å². The van der Waals surface area contributed by atoms with Crippen LogP contribution >= 0.6 is 0 Å². The molecule has 1 aromatic carbocycles. The molecule has 0 aliphatic heterocycles. The lowest BCUT2D eigenvalue weighted by Gasteiger charge is -2.07. The van der Waals surface area contributed by atoms with Gasteiger partial charge in [-0.3, -0.25) is 0 Å². The molecular formula is C10H11F2NO2S. The van der Waals surface area contributed by atoms with Gasteiger partial charge in [0, 0.05) is 12.6 Å². The molecule has 0 unspecified atom stereocenters. The molecule has 0 aliphatic carbocycles. The summed E-state index contributed by atoms with van der Waals surface area (Å²) in [6, 6.07) is 2.29. The number of benzene rings is 1. The Kier molecular flexibility index (Phi) is 3.77. The van der Waals surface area contributed by atoms with Gasteiger partial charge in [-0.1, -0.05) is 12.2 Å². The highest BCUT2D eigenvalue weighted by molar-refractivity contribution is 7.89. The molecule has 6 heteroatoms. The molecule has 0 radical (unpaired) electrons. The van der Waals surface area contributed by atoms with E-state index in [9.17, 15) is 17.2 Å². The minimum absolute atomic E-state index is 0.0130. The standard InChI is InChI=1S/C10H11F2NO2S/c1-7(2)6-13-16(14,15)10-4-3-8(11)5-9(10)12/h3-5,13H,1,6H2,2H3. The molecule has 0 aromatic heterocycles. The third kappa shape index (κ3) is 3.11. The quantitative estimate of drug-likeness (QED) is 0.825. The van der Waals surface area contributed by atoms with Gasteiger partial charge in [0.2, 0.25) is 10.0 Å². The molecular weight excluding hydrogens is 236 g/mol. The summed E-state index contributed by atoms with van der Waals surface area (Å²) in [5.41, 5.74) is 0.589. The second-order valence-electron chi connectivity index (χ2n) is 3.36. The first-order valence-corrected chi connectivity index (χ1v) is 5.90. The normalized spacial score (nSPS) is 11.4. The molecule has 1 rings (SSSR count). The Labute approximate surface area is 92.8 Å². The molecule has 16 heavy (non-hydrogen) atoms. The lowest BCUT2D eigenvalue weighted by molar-refractivity contribution is 0.544. The highest BCUT2D eigenvalue weighted by Crippen LogP contribution is 2.15. The van der Waals surface area contributed by atoms with Gasteiger partial charge in [-0.2, -0.15) is 0 Å². The van der Waals surface area contributed by atoms with Crippen LogP contribution in [0.5, 0.6) is 0 Å². The van der Waals surface area contributed by atoms with Crippen LogP contribution < -0.4 is 4.72 Å². The number of halogens is 2. The largest absolute Gasteiger partial charge is 0.243 e. The van der Waals surface area contributed by atoms with Crippen LogP contribution in [0.15, 0.2) is 35.2 Å². The molecule has 0 aliphatic rings. The molecule has 0 heterocycles. The van der Waals surface area contributed by atoms with E-state index < -0.39 is 26.6 Å². The summed E-state index contributed by atoms with van der Waals surface area (Å²) in [4.78, 5) is -0.574. The fourth-order valence-corrected chi connectivity index (χ4v) is 2.14. The second kappa shape index (κ2) is 4.71. The van der Waals surface area contributed by atoms with Crippen LogP contribution in [0.25, 0.3) is 0 Å². The average molecular weight is 247 g/mol. The molecule has 0 saturated carbocycles. The van der Waals surface area contributed by atoms with Crippen molar-refractivity contribution >= 4 is 10.0 Å². The minimum Gasteiger partial charge on any atom is -0.207 e. The summed E-state index contributed by atoms with van der Waals surface area (Å²) in [6.07, 6.45) is 0. The predicted octanol–water partition coefficient (Wildman–Crippen LogP) is 1.82. The van der Waals surface area contributed by atoms with E-state index in [0.29, 0.717) is 11.6 Å². The molecule has 0 fully saturated rings. The van der Waals surface area contributed by atoms with Gasteiger partial charge in [0.1, 0.15) is 16.5 Å². The van der Waals surface area contributed by atoms with Gasteiger partial charge in [-0.15, -0.1) is 0 Å². The molecule has 0 spiro atoms. The van der Waals surface area contributed by atoms with Crippen molar-refractivity contribution in [2.75, 3.05) is 6.54 Å². The topological polar surface area (TPSA) is 46.2 Å². The monoisotopic (exact) mass is 247 g/mol. The van der Waals surface area contributed by atoms with E-state index in [4.69, 9.17) is 0 Å². The van der Waals surface area contributed by atoms with Crippen molar-refractivity contribution in [3.8, 4) is 0 Å². The first-order valence-electron chi connectivity index (χ1n) is 4.42. The number of rotatable bonds is 4. The molecule has 88 valence electrons. The van der Waals surface area contributed by atoms with E-state index in [1.807, 2.05) is 0 Å². The zero-order valence-electron chi connectivity index (χ0n) is 8.63. The fraction of sp³-hybridized carbons (Fsp3) is 0.200. The predicted molar refractivity (Wildman–Crippen MR) is 56.4 cm³/mol. The molecule has 0 atom stereocenters. The highest BCUT2D eigenvalue weighted by atomic mass is 32.2. The smallest absolute Gasteiger partial charge is 0.207 e. The van der Waals surface area contributed by atoms with E-state index in [-0.39, 0.29) is 6.54 Å². The fourth-order valence-electron chi connectivity index (χ4n) is 0.989. The molecule has 0 saturated heterocycles. The van der Waals surface area contributed by atoms with Gasteiger partial charge >= 0.3 is 0 Å². The van der Waals surface area contributed by atoms with Gasteiger partial charge in [-0.25, -0.2) is 21.9 Å². The van der Waals surface area contributed by atoms with E-state index >= 15 is 0 Å². The van der Waals surface area contributed by atoms with E-state index in [1.165, 1.54) is 0 Å². The Morgan fingerprint density at radius 2 is 2.06 bits per heavy atom. The highest BCUT2D eigenvalue weighted by Gasteiger charge is 2.18. The van der Waals surface area contributed by atoms with Crippen molar-refractivity contribution in [1.29, 1.82) is 0 Å². The van der Waals surface area contributed by atoms with Crippen molar-refractivity contribution in [2.24, 2.45) is 0 Å². The third-order valence-electron chi connectivity index (χ3n) is 1.75. The van der Waals surface area contributed by atoms with Crippen LogP contribution in [0.4, 0.5) is 8.78 Å². The van der Waals surface area contributed by atoms with Crippen molar-refractivity contribution in [1.82, 2.24) is 4.72 Å². The second-order valence-corrected chi connectivity index (χ2v) is 5.09. The third-order valence-corrected chi connectivity index (χ3v) is 3.18. The first-order chi connectivity index (χ1) is 7.33. The summed E-state index contributed by atoms with van der Waals surface area (Å²) in [6.45, 7) is 5.15. The van der Waals surface area contributed by atoms with Crippen LogP contribution in [-0.4, -0.2) is 15.0 Å². The zero-order valence-corrected chi connectivity index (χ0v) is 9.44. The Morgan fingerprint density at radius 3 is 2.56 bits per heavy atom. The van der Waals surface area contributed by atoms with Crippen molar-refractivity contribution in [3.63, 3.8) is 0 Å². The van der Waals surface area contributed by atoms with E-state index in [0.717, 1.165) is 12.1 Å². The zero-order chi connectivity index (χ0) is 12.3. The molecule has 0 bridgehead atoms. The maximum Gasteiger partial charge on any atom is 0.243 e. The Morgan fingerprint density at radius 1 is 1.44 bits per heavy atom. The minimum atomic E-state index is -3.96. The van der Waals surface area contributed by atoms with Crippen molar-refractivity contribution in [2.45, 2.75) is 11.8 Å². The van der Waals surface area contributed by atoms with Crippen molar-refractivity contribution in [3.05, 3.63) is 42.0 Å². The summed E-state index contributed by atoms with van der Waals surface area (Å²) >= 11 is 0. The van der Waals surface area contributed by atoms with E-state index in [1.54, 1.807) is 6.92 Å². The Balaban J connectivity index is 3.03. The molecule has 1 N–H and O–H groups in total. The van der Waals surface area contributed by atoms with Gasteiger partial charge in [0.15, 0.2) is 0 Å². The summed E-state index contributed by atoms with van der Waals surface area (Å²) < 4.78 is 51.0. The summed E-state index contributed by atoms with van der Waals surface area (Å²) in [5.74, 6) is -1.94. The van der Waals surface area contributed by atoms with E-state index in [2.05, 4.69) is 11.3 Å². The number of hydrogen-bond donors (Lipinski definition) is 1. The number of hydrogen-bond acceptors (Lipinski definition) is 2. The lowest BCUT2D eigenvalue weighted by Crippen LogP contribution is -2.26. The SMILES string of the molecule is C=C(C)CNS(=O)(=O)c1ccc(F)cc1F. The van der Waals surface area contributed by atoms with Gasteiger partial charge in [0.05, 0.1) is 0 Å². The molecule has 3 nitrogen and oxygen atoms in total. The van der Waals surface area contributed by atoms with Gasteiger partial charge in [0.25, 0.3) is 0 Å².